The van der Waals surface area contributed by atoms with Crippen molar-refractivity contribution in [3.05, 3.63) is 68.8 Å². The summed E-state index contributed by atoms with van der Waals surface area (Å²) in [5, 5.41) is 3.34. The molecular formula is C19H14Cl3F3N2O. The van der Waals surface area contributed by atoms with Gasteiger partial charge in [0.05, 0.1) is 15.6 Å². The maximum Gasteiger partial charge on any atom is 0.412 e. The fourth-order valence-corrected chi connectivity index (χ4v) is 3.48. The Morgan fingerprint density at radius 1 is 1.07 bits per heavy atom. The van der Waals surface area contributed by atoms with Crippen molar-refractivity contribution in [2.75, 3.05) is 0 Å². The van der Waals surface area contributed by atoms with Gasteiger partial charge in [0.1, 0.15) is 5.69 Å². The molecule has 3 nitrogen and oxygen atoms in total. The molecule has 2 aromatic carbocycles. The zero-order valence-electron chi connectivity index (χ0n) is 14.4. The van der Waals surface area contributed by atoms with Crippen LogP contribution in [0.5, 0.6) is 0 Å². The van der Waals surface area contributed by atoms with Crippen molar-refractivity contribution < 1.29 is 18.0 Å². The number of carbonyl (C=O) groups excluding carboxylic acids is 1. The topological polar surface area (TPSA) is 34.0 Å². The monoisotopic (exact) mass is 448 g/mol. The van der Waals surface area contributed by atoms with Gasteiger partial charge >= 0.3 is 6.18 Å². The first-order chi connectivity index (χ1) is 13.1. The number of hydrogen-bond acceptors (Lipinski definition) is 1. The van der Waals surface area contributed by atoms with E-state index in [4.69, 9.17) is 34.8 Å². The van der Waals surface area contributed by atoms with Gasteiger partial charge in [-0.25, -0.2) is 0 Å². The van der Waals surface area contributed by atoms with Crippen LogP contribution in [-0.2, 0) is 6.54 Å². The molecule has 0 radical (unpaired) electrons. The van der Waals surface area contributed by atoms with Crippen molar-refractivity contribution in [1.82, 2.24) is 9.88 Å². The Bertz CT molecular complexity index is 1050. The Morgan fingerprint density at radius 3 is 2.39 bits per heavy atom. The smallest absolute Gasteiger partial charge is 0.337 e. The van der Waals surface area contributed by atoms with E-state index in [1.165, 1.54) is 18.2 Å². The lowest BCUT2D eigenvalue weighted by molar-refractivity contribution is -0.155. The van der Waals surface area contributed by atoms with Crippen LogP contribution in [0.3, 0.4) is 0 Å². The summed E-state index contributed by atoms with van der Waals surface area (Å²) in [5.74, 6) is -0.859. The van der Waals surface area contributed by atoms with Crippen LogP contribution < -0.4 is 5.32 Å². The summed E-state index contributed by atoms with van der Waals surface area (Å²) in [6, 6.07) is 7.86. The first-order valence-corrected chi connectivity index (χ1v) is 9.36. The second-order valence-electron chi connectivity index (χ2n) is 6.10. The van der Waals surface area contributed by atoms with Gasteiger partial charge in [0, 0.05) is 17.0 Å². The number of carbonyl (C=O) groups is 1. The first-order valence-electron chi connectivity index (χ1n) is 8.23. The summed E-state index contributed by atoms with van der Waals surface area (Å²) in [7, 11) is 0. The number of fused-ring (bicyclic) bond motifs is 1. The van der Waals surface area contributed by atoms with Crippen molar-refractivity contribution in [2.45, 2.75) is 25.7 Å². The second kappa shape index (κ2) is 7.85. The molecule has 1 atom stereocenters. The third-order valence-corrected chi connectivity index (χ3v) is 5.27. The zero-order valence-corrected chi connectivity index (χ0v) is 16.7. The molecule has 0 saturated heterocycles. The number of hydrogen-bond donors (Lipinski definition) is 1. The number of benzene rings is 2. The van der Waals surface area contributed by atoms with Gasteiger partial charge in [-0.1, -0.05) is 46.9 Å². The average molecular weight is 450 g/mol. The fourth-order valence-electron chi connectivity index (χ4n) is 3.01. The molecule has 1 aromatic heterocycles. The zero-order chi connectivity index (χ0) is 20.6. The summed E-state index contributed by atoms with van der Waals surface area (Å²) in [5.41, 5.74) is 0.560. The quantitative estimate of drug-likeness (QED) is 0.475. The van der Waals surface area contributed by atoms with Crippen molar-refractivity contribution >= 4 is 51.6 Å². The van der Waals surface area contributed by atoms with E-state index in [0.29, 0.717) is 22.5 Å². The van der Waals surface area contributed by atoms with Gasteiger partial charge in [-0.2, -0.15) is 13.2 Å². The third-order valence-electron chi connectivity index (χ3n) is 4.29. The van der Waals surface area contributed by atoms with Gasteiger partial charge in [0.2, 0.25) is 0 Å². The Balaban J connectivity index is 2.01. The fraction of sp³-hybridized carbons (Fsp3) is 0.211. The molecule has 0 bridgehead atoms. The molecule has 0 aliphatic carbocycles. The third kappa shape index (κ3) is 4.09. The van der Waals surface area contributed by atoms with Crippen LogP contribution in [0, 0.1) is 0 Å². The lowest BCUT2D eigenvalue weighted by Gasteiger charge is -2.22. The van der Waals surface area contributed by atoms with Crippen LogP contribution in [0.2, 0.25) is 15.1 Å². The van der Waals surface area contributed by atoms with Crippen LogP contribution in [0.4, 0.5) is 13.2 Å². The van der Waals surface area contributed by atoms with Crippen LogP contribution >= 0.6 is 34.8 Å². The highest BCUT2D eigenvalue weighted by molar-refractivity contribution is 6.42. The van der Waals surface area contributed by atoms with E-state index in [0.717, 1.165) is 6.07 Å². The lowest BCUT2D eigenvalue weighted by atomic mass is 10.1. The number of alkyl halides is 3. The number of nitrogens with zero attached hydrogens (tertiary/aromatic N) is 1. The Kier molecular flexibility index (Phi) is 5.84. The largest absolute Gasteiger partial charge is 0.412 e. The summed E-state index contributed by atoms with van der Waals surface area (Å²) in [4.78, 5) is 12.7. The van der Waals surface area contributed by atoms with Gasteiger partial charge in [0.25, 0.3) is 5.91 Å². The van der Waals surface area contributed by atoms with E-state index in [1.807, 2.05) is 0 Å². The van der Waals surface area contributed by atoms with E-state index < -0.39 is 18.1 Å². The summed E-state index contributed by atoms with van der Waals surface area (Å²) in [6.07, 6.45) is -4.72. The molecule has 0 aliphatic rings. The van der Waals surface area contributed by atoms with Gasteiger partial charge in [-0.3, -0.25) is 4.79 Å². The van der Waals surface area contributed by atoms with E-state index >= 15 is 0 Å². The van der Waals surface area contributed by atoms with E-state index in [1.54, 1.807) is 29.7 Å². The molecule has 0 spiro atoms. The molecule has 1 heterocycles. The van der Waals surface area contributed by atoms with Crippen molar-refractivity contribution in [3.8, 4) is 0 Å². The minimum Gasteiger partial charge on any atom is -0.337 e. The summed E-state index contributed by atoms with van der Waals surface area (Å²) < 4.78 is 42.5. The minimum absolute atomic E-state index is 0.0278. The number of amides is 1. The maximum absolute atomic E-state index is 13.6. The molecule has 1 amide bonds. The van der Waals surface area contributed by atoms with Crippen molar-refractivity contribution in [1.29, 1.82) is 0 Å². The molecule has 1 unspecified atom stereocenters. The molecule has 0 fully saturated rings. The second-order valence-corrected chi connectivity index (χ2v) is 7.35. The molecule has 28 heavy (non-hydrogen) atoms. The molecular weight excluding hydrogens is 436 g/mol. The molecule has 0 saturated carbocycles. The van der Waals surface area contributed by atoms with Gasteiger partial charge < -0.3 is 9.88 Å². The van der Waals surface area contributed by atoms with Crippen LogP contribution in [0.1, 0.15) is 29.0 Å². The number of aryl methyl sites for hydroxylation is 1. The number of nitrogens with one attached hydrogen (secondary N) is 1. The van der Waals surface area contributed by atoms with Crippen LogP contribution in [0.15, 0.2) is 42.5 Å². The normalized spacial score (nSPS) is 13.0. The molecule has 3 aromatic rings. The number of rotatable bonds is 4. The Hall–Kier alpha value is -1.89. The van der Waals surface area contributed by atoms with Gasteiger partial charge in [-0.05, 0) is 42.8 Å². The highest BCUT2D eigenvalue weighted by atomic mass is 35.5. The number of aromatic nitrogens is 1. The Labute approximate surface area is 174 Å². The van der Waals surface area contributed by atoms with Gasteiger partial charge in [-0.15, -0.1) is 0 Å². The van der Waals surface area contributed by atoms with Crippen LogP contribution in [0.25, 0.3) is 10.9 Å². The van der Waals surface area contributed by atoms with Crippen molar-refractivity contribution in [3.63, 3.8) is 0 Å². The lowest BCUT2D eigenvalue weighted by Crippen LogP contribution is -2.38. The summed E-state index contributed by atoms with van der Waals surface area (Å²) >= 11 is 17.6. The van der Waals surface area contributed by atoms with E-state index in [-0.39, 0.29) is 21.3 Å². The summed E-state index contributed by atoms with van der Waals surface area (Å²) in [6.45, 7) is 2.17. The maximum atomic E-state index is 13.6. The minimum atomic E-state index is -4.72. The number of halogens is 6. The predicted octanol–water partition coefficient (Wildman–Crippen LogP) is 6.65. The molecule has 148 valence electrons. The van der Waals surface area contributed by atoms with Gasteiger partial charge in [0.15, 0.2) is 6.04 Å². The molecule has 9 heteroatoms. The molecule has 0 aliphatic heterocycles. The van der Waals surface area contributed by atoms with Crippen LogP contribution in [-0.4, -0.2) is 16.7 Å². The first kappa shape index (κ1) is 20.8. The van der Waals surface area contributed by atoms with E-state index in [9.17, 15) is 18.0 Å². The highest BCUT2D eigenvalue weighted by Crippen LogP contribution is 2.36. The standard InChI is InChI=1S/C19H14Cl3F3N2O/c1-2-27-15-9-12(20)5-3-10(15)8-16(27)18(28)26-17(19(23,24)25)11-4-6-13(21)14(22)7-11/h3-9,17H,2H2,1H3,(H,26,28). The average Bonchev–Trinajstić information content (AvgIpc) is 2.98. The SMILES string of the molecule is CCn1c(C(=O)NC(c2ccc(Cl)c(Cl)c2)C(F)(F)F)cc2ccc(Cl)cc21. The van der Waals surface area contributed by atoms with Crippen molar-refractivity contribution in [2.24, 2.45) is 0 Å². The molecule has 3 rings (SSSR count). The van der Waals surface area contributed by atoms with E-state index in [2.05, 4.69) is 5.32 Å². The highest BCUT2D eigenvalue weighted by Gasteiger charge is 2.42. The Morgan fingerprint density at radius 2 is 1.79 bits per heavy atom. The molecule has 1 N–H and O–H groups in total. The predicted molar refractivity (Wildman–Crippen MR) is 105 cm³/mol.